The zero-order valence-corrected chi connectivity index (χ0v) is 17.4. The summed E-state index contributed by atoms with van der Waals surface area (Å²) in [6, 6.07) is 12.9. The van der Waals surface area contributed by atoms with Crippen LogP contribution in [0.2, 0.25) is 0 Å². The van der Waals surface area contributed by atoms with Crippen LogP contribution in [0, 0.1) is 6.92 Å². The molecule has 1 unspecified atom stereocenters. The third kappa shape index (κ3) is 2.74. The molecule has 0 N–H and O–H groups in total. The maximum absolute atomic E-state index is 13.1. The van der Waals surface area contributed by atoms with Crippen molar-refractivity contribution < 1.29 is 4.79 Å². The Labute approximate surface area is 170 Å². The average Bonchev–Trinajstić information content (AvgIpc) is 3.29. The van der Waals surface area contributed by atoms with E-state index < -0.39 is 0 Å². The number of benzene rings is 1. The predicted octanol–water partition coefficient (Wildman–Crippen LogP) is 5.57. The van der Waals surface area contributed by atoms with Gasteiger partial charge in [0.05, 0.1) is 11.7 Å². The first kappa shape index (κ1) is 17.7. The quantitative estimate of drug-likeness (QED) is 0.562. The Morgan fingerprint density at radius 3 is 2.82 bits per heavy atom. The molecule has 144 valence electrons. The van der Waals surface area contributed by atoms with Crippen molar-refractivity contribution in [3.05, 3.63) is 75.4 Å². The molecule has 1 amide bonds. The number of aryl methyl sites for hydroxylation is 2. The standard InChI is InChI=1S/C24H26N2OS/c1-3-22(27)26-15-19-18-10-4-5-12-21(18)28-24(19)25-13-7-11-20(25)23(26)17-9-6-8-16(2)14-17/h6-9,11,13-14,23H,3-5,10,12,15H2,1-2H3. The van der Waals surface area contributed by atoms with Crippen LogP contribution in [0.1, 0.15) is 65.1 Å². The highest BCUT2D eigenvalue weighted by atomic mass is 32.1. The van der Waals surface area contributed by atoms with Gasteiger partial charge in [0.2, 0.25) is 5.91 Å². The highest BCUT2D eigenvalue weighted by Crippen LogP contribution is 2.44. The van der Waals surface area contributed by atoms with Crippen LogP contribution in [0.25, 0.3) is 5.00 Å². The first-order valence-corrected chi connectivity index (χ1v) is 11.2. The number of thiophene rings is 1. The predicted molar refractivity (Wildman–Crippen MR) is 114 cm³/mol. The summed E-state index contributed by atoms with van der Waals surface area (Å²) in [6.07, 6.45) is 7.60. The number of hydrogen-bond donors (Lipinski definition) is 0. The molecule has 1 aromatic carbocycles. The van der Waals surface area contributed by atoms with E-state index in [0.29, 0.717) is 13.0 Å². The van der Waals surface area contributed by atoms with E-state index in [2.05, 4.69) is 59.0 Å². The summed E-state index contributed by atoms with van der Waals surface area (Å²) < 4.78 is 2.36. The van der Waals surface area contributed by atoms with E-state index in [1.54, 1.807) is 0 Å². The Bertz CT molecular complexity index is 1040. The lowest BCUT2D eigenvalue weighted by Gasteiger charge is -2.31. The van der Waals surface area contributed by atoms with Crippen molar-refractivity contribution in [2.24, 2.45) is 0 Å². The number of aromatic nitrogens is 1. The number of amides is 1. The molecule has 3 heterocycles. The Kier molecular flexibility index (Phi) is 4.39. The summed E-state index contributed by atoms with van der Waals surface area (Å²) in [5.41, 5.74) is 6.53. The summed E-state index contributed by atoms with van der Waals surface area (Å²) >= 11 is 1.95. The van der Waals surface area contributed by atoms with Crippen molar-refractivity contribution >= 4 is 17.2 Å². The Balaban J connectivity index is 1.74. The Morgan fingerprint density at radius 1 is 1.14 bits per heavy atom. The van der Waals surface area contributed by atoms with Gasteiger partial charge in [0.1, 0.15) is 5.00 Å². The fraction of sp³-hybridized carbons (Fsp3) is 0.375. The highest BCUT2D eigenvalue weighted by molar-refractivity contribution is 7.15. The van der Waals surface area contributed by atoms with Crippen molar-refractivity contribution in [1.29, 1.82) is 0 Å². The first-order chi connectivity index (χ1) is 13.7. The molecule has 1 aliphatic carbocycles. The second-order valence-electron chi connectivity index (χ2n) is 7.99. The van der Waals surface area contributed by atoms with Gasteiger partial charge in [-0.25, -0.2) is 0 Å². The van der Waals surface area contributed by atoms with Gasteiger partial charge >= 0.3 is 0 Å². The lowest BCUT2D eigenvalue weighted by Crippen LogP contribution is -2.34. The molecule has 1 aliphatic heterocycles. The van der Waals surface area contributed by atoms with Crippen LogP contribution in [0.15, 0.2) is 42.6 Å². The van der Waals surface area contributed by atoms with Gasteiger partial charge in [0.25, 0.3) is 0 Å². The highest BCUT2D eigenvalue weighted by Gasteiger charge is 2.35. The van der Waals surface area contributed by atoms with Crippen molar-refractivity contribution in [1.82, 2.24) is 9.47 Å². The third-order valence-corrected chi connectivity index (χ3v) is 7.49. The van der Waals surface area contributed by atoms with E-state index in [1.165, 1.54) is 57.1 Å². The maximum Gasteiger partial charge on any atom is 0.223 e. The van der Waals surface area contributed by atoms with Gasteiger partial charge < -0.3 is 9.47 Å². The summed E-state index contributed by atoms with van der Waals surface area (Å²) in [5, 5.41) is 1.33. The maximum atomic E-state index is 13.1. The van der Waals surface area contributed by atoms with E-state index in [4.69, 9.17) is 0 Å². The van der Waals surface area contributed by atoms with Gasteiger partial charge in [0, 0.05) is 29.6 Å². The minimum atomic E-state index is -0.0406. The summed E-state index contributed by atoms with van der Waals surface area (Å²) in [5.74, 6) is 0.225. The van der Waals surface area contributed by atoms with Gasteiger partial charge in [-0.15, -0.1) is 11.3 Å². The molecular weight excluding hydrogens is 364 g/mol. The number of carbonyl (C=O) groups is 1. The zero-order valence-electron chi connectivity index (χ0n) is 16.6. The fourth-order valence-corrected chi connectivity index (χ4v) is 6.23. The fourth-order valence-electron chi connectivity index (χ4n) is 4.82. The minimum absolute atomic E-state index is 0.0406. The van der Waals surface area contributed by atoms with E-state index in [9.17, 15) is 4.79 Å². The van der Waals surface area contributed by atoms with Gasteiger partial charge in [-0.2, -0.15) is 0 Å². The van der Waals surface area contributed by atoms with E-state index >= 15 is 0 Å². The molecule has 1 atom stereocenters. The number of nitrogens with zero attached hydrogens (tertiary/aromatic N) is 2. The van der Waals surface area contributed by atoms with E-state index in [0.717, 1.165) is 6.42 Å². The third-order valence-electron chi connectivity index (χ3n) is 6.16. The number of carbonyl (C=O) groups excluding carboxylic acids is 1. The monoisotopic (exact) mass is 390 g/mol. The molecule has 0 spiro atoms. The van der Waals surface area contributed by atoms with Gasteiger partial charge in [-0.05, 0) is 55.9 Å². The molecule has 0 saturated carbocycles. The molecule has 0 saturated heterocycles. The van der Waals surface area contributed by atoms with Crippen LogP contribution in [0.5, 0.6) is 0 Å². The van der Waals surface area contributed by atoms with Gasteiger partial charge in [0.15, 0.2) is 0 Å². The molecule has 5 rings (SSSR count). The lowest BCUT2D eigenvalue weighted by atomic mass is 9.94. The smallest absolute Gasteiger partial charge is 0.223 e. The van der Waals surface area contributed by atoms with E-state index in [-0.39, 0.29) is 11.9 Å². The van der Waals surface area contributed by atoms with Crippen LogP contribution in [-0.2, 0) is 24.2 Å². The van der Waals surface area contributed by atoms with Gasteiger partial charge in [-0.1, -0.05) is 36.8 Å². The van der Waals surface area contributed by atoms with E-state index in [1.807, 2.05) is 18.3 Å². The van der Waals surface area contributed by atoms with Gasteiger partial charge in [-0.3, -0.25) is 4.79 Å². The number of hydrogen-bond acceptors (Lipinski definition) is 2. The molecule has 4 heteroatoms. The van der Waals surface area contributed by atoms with Crippen LogP contribution in [-0.4, -0.2) is 15.4 Å². The van der Waals surface area contributed by atoms with Crippen molar-refractivity contribution in [3.63, 3.8) is 0 Å². The molecular formula is C24H26N2OS. The SMILES string of the molecule is CCC(=O)N1Cc2c(sc3c2CCCC3)-n2cccc2C1c1cccc(C)c1. The minimum Gasteiger partial charge on any atom is -0.326 e. The van der Waals surface area contributed by atoms with Crippen LogP contribution >= 0.6 is 11.3 Å². The Hall–Kier alpha value is -2.33. The largest absolute Gasteiger partial charge is 0.326 e. The van der Waals surface area contributed by atoms with Crippen molar-refractivity contribution in [2.75, 3.05) is 0 Å². The molecule has 3 aromatic rings. The molecule has 28 heavy (non-hydrogen) atoms. The molecule has 2 aliphatic rings. The molecule has 0 radical (unpaired) electrons. The normalized spacial score (nSPS) is 18.2. The summed E-state index contributed by atoms with van der Waals surface area (Å²) in [6.45, 7) is 4.82. The second-order valence-corrected chi connectivity index (χ2v) is 9.07. The Morgan fingerprint density at radius 2 is 2.00 bits per heavy atom. The molecule has 2 aromatic heterocycles. The topological polar surface area (TPSA) is 25.2 Å². The number of rotatable bonds is 2. The molecule has 0 fully saturated rings. The second kappa shape index (κ2) is 6.93. The first-order valence-electron chi connectivity index (χ1n) is 10.3. The zero-order chi connectivity index (χ0) is 19.3. The lowest BCUT2D eigenvalue weighted by molar-refractivity contribution is -0.133. The summed E-state index contributed by atoms with van der Waals surface area (Å²) in [7, 11) is 0. The molecule has 3 nitrogen and oxygen atoms in total. The summed E-state index contributed by atoms with van der Waals surface area (Å²) in [4.78, 5) is 16.8. The van der Waals surface area contributed by atoms with Crippen LogP contribution in [0.4, 0.5) is 0 Å². The van der Waals surface area contributed by atoms with Crippen molar-refractivity contribution in [3.8, 4) is 5.00 Å². The van der Waals surface area contributed by atoms with Crippen molar-refractivity contribution in [2.45, 2.75) is 58.5 Å². The number of fused-ring (bicyclic) bond motifs is 5. The van der Waals surface area contributed by atoms with Crippen LogP contribution in [0.3, 0.4) is 0 Å². The molecule has 0 bridgehead atoms. The average molecular weight is 391 g/mol. The van der Waals surface area contributed by atoms with Crippen LogP contribution < -0.4 is 0 Å².